The van der Waals surface area contributed by atoms with Gasteiger partial charge in [0, 0.05) is 18.6 Å². The van der Waals surface area contributed by atoms with Gasteiger partial charge in [-0.1, -0.05) is 5.10 Å². The summed E-state index contributed by atoms with van der Waals surface area (Å²) in [5, 5.41) is 11.5. The van der Waals surface area contributed by atoms with Gasteiger partial charge in [0.15, 0.2) is 0 Å². The summed E-state index contributed by atoms with van der Waals surface area (Å²) in [6.07, 6.45) is 0.210. The molecule has 1 N–H and O–H groups in total. The van der Waals surface area contributed by atoms with Crippen LogP contribution in [-0.4, -0.2) is 41.5 Å². The Morgan fingerprint density at radius 1 is 1.39 bits per heavy atom. The summed E-state index contributed by atoms with van der Waals surface area (Å²) >= 11 is 0. The van der Waals surface area contributed by atoms with Crippen LogP contribution in [0.4, 0.5) is 6.01 Å². The van der Waals surface area contributed by atoms with E-state index in [1.807, 2.05) is 6.92 Å². The first-order valence-corrected chi connectivity index (χ1v) is 6.38. The maximum atomic E-state index is 5.65. The van der Waals surface area contributed by atoms with Gasteiger partial charge in [-0.2, -0.15) is 0 Å². The Hall–Kier alpha value is -1.14. The van der Waals surface area contributed by atoms with Crippen molar-refractivity contribution in [2.24, 2.45) is 0 Å². The fourth-order valence-corrected chi connectivity index (χ4v) is 1.78. The minimum absolute atomic E-state index is 0.0438. The van der Waals surface area contributed by atoms with E-state index in [9.17, 15) is 0 Å². The molecule has 6 nitrogen and oxygen atoms in total. The Morgan fingerprint density at radius 3 is 2.83 bits per heavy atom. The van der Waals surface area contributed by atoms with Crippen molar-refractivity contribution in [1.29, 1.82) is 0 Å². The quantitative estimate of drug-likeness (QED) is 0.874. The number of ether oxygens (including phenoxy) is 1. The maximum Gasteiger partial charge on any atom is 0.318 e. The van der Waals surface area contributed by atoms with Gasteiger partial charge >= 0.3 is 6.01 Å². The monoisotopic (exact) mass is 254 g/mol. The Bertz CT molecular complexity index is 386. The van der Waals surface area contributed by atoms with Gasteiger partial charge in [0.1, 0.15) is 0 Å². The molecule has 102 valence electrons. The lowest BCUT2D eigenvalue weighted by Crippen LogP contribution is -2.41. The third kappa shape index (κ3) is 3.68. The third-order valence-corrected chi connectivity index (χ3v) is 2.74. The molecule has 0 spiro atoms. The normalized spacial score (nSPS) is 21.3. The summed E-state index contributed by atoms with van der Waals surface area (Å²) < 4.78 is 11.1. The molecular weight excluding hydrogens is 232 g/mol. The fourth-order valence-electron chi connectivity index (χ4n) is 1.78. The Balaban J connectivity index is 1.93. The highest BCUT2D eigenvalue weighted by atomic mass is 16.5. The predicted molar refractivity (Wildman–Crippen MR) is 68.5 cm³/mol. The smallest absolute Gasteiger partial charge is 0.318 e. The molecule has 1 aromatic heterocycles. The molecule has 1 aliphatic heterocycles. The zero-order valence-electron chi connectivity index (χ0n) is 11.6. The molecule has 0 radical (unpaired) electrons. The lowest BCUT2D eigenvalue weighted by atomic mass is 10.1. The first-order valence-electron chi connectivity index (χ1n) is 6.38. The lowest BCUT2D eigenvalue weighted by Gasteiger charge is -2.29. The molecule has 18 heavy (non-hydrogen) atoms. The van der Waals surface area contributed by atoms with E-state index >= 15 is 0 Å². The van der Waals surface area contributed by atoms with Gasteiger partial charge < -0.3 is 19.4 Å². The van der Waals surface area contributed by atoms with Gasteiger partial charge in [-0.05, 0) is 27.7 Å². The average Bonchev–Trinajstić information content (AvgIpc) is 2.74. The number of nitrogens with zero attached hydrogens (tertiary/aromatic N) is 3. The van der Waals surface area contributed by atoms with Crippen LogP contribution < -0.4 is 10.2 Å². The van der Waals surface area contributed by atoms with E-state index in [-0.39, 0.29) is 11.6 Å². The SMILES string of the molecule is CC1CN(c2nnc(CNC(C)(C)C)o2)CCO1. The summed E-state index contributed by atoms with van der Waals surface area (Å²) in [4.78, 5) is 2.07. The molecule has 0 saturated carbocycles. The van der Waals surface area contributed by atoms with Crippen LogP contribution in [0, 0.1) is 0 Å². The summed E-state index contributed by atoms with van der Waals surface area (Å²) in [7, 11) is 0. The van der Waals surface area contributed by atoms with Crippen LogP contribution in [0.3, 0.4) is 0 Å². The number of nitrogens with one attached hydrogen (secondary N) is 1. The van der Waals surface area contributed by atoms with Crippen molar-refractivity contribution in [3.05, 3.63) is 5.89 Å². The largest absolute Gasteiger partial charge is 0.407 e. The van der Waals surface area contributed by atoms with Crippen LogP contribution in [0.2, 0.25) is 0 Å². The van der Waals surface area contributed by atoms with E-state index < -0.39 is 0 Å². The van der Waals surface area contributed by atoms with Crippen LogP contribution in [-0.2, 0) is 11.3 Å². The van der Waals surface area contributed by atoms with Crippen LogP contribution in [0.25, 0.3) is 0 Å². The van der Waals surface area contributed by atoms with Crippen LogP contribution >= 0.6 is 0 Å². The van der Waals surface area contributed by atoms with Crippen molar-refractivity contribution >= 4 is 6.01 Å². The maximum absolute atomic E-state index is 5.65. The van der Waals surface area contributed by atoms with Crippen molar-refractivity contribution in [1.82, 2.24) is 15.5 Å². The zero-order chi connectivity index (χ0) is 13.2. The number of aromatic nitrogens is 2. The second-order valence-electron chi connectivity index (χ2n) is 5.71. The highest BCUT2D eigenvalue weighted by Crippen LogP contribution is 2.16. The lowest BCUT2D eigenvalue weighted by molar-refractivity contribution is 0.0513. The number of hydrogen-bond donors (Lipinski definition) is 1. The van der Waals surface area contributed by atoms with Crippen LogP contribution in [0.15, 0.2) is 4.42 Å². The summed E-state index contributed by atoms with van der Waals surface area (Å²) in [6, 6.07) is 0.593. The molecule has 0 aromatic carbocycles. The Morgan fingerprint density at radius 2 is 2.17 bits per heavy atom. The van der Waals surface area contributed by atoms with Crippen molar-refractivity contribution in [2.75, 3.05) is 24.6 Å². The van der Waals surface area contributed by atoms with Gasteiger partial charge in [-0.3, -0.25) is 0 Å². The predicted octanol–water partition coefficient (Wildman–Crippen LogP) is 1.18. The highest BCUT2D eigenvalue weighted by Gasteiger charge is 2.21. The standard InChI is InChI=1S/C12H22N4O2/c1-9-8-16(5-6-17-9)11-15-14-10(18-11)7-13-12(2,3)4/h9,13H,5-8H2,1-4H3. The molecule has 1 fully saturated rings. The minimum atomic E-state index is 0.0438. The highest BCUT2D eigenvalue weighted by molar-refractivity contribution is 5.25. The molecule has 1 aliphatic rings. The van der Waals surface area contributed by atoms with Crippen LogP contribution in [0.1, 0.15) is 33.6 Å². The zero-order valence-corrected chi connectivity index (χ0v) is 11.6. The van der Waals surface area contributed by atoms with E-state index in [0.29, 0.717) is 25.1 Å². The summed E-state index contributed by atoms with van der Waals surface area (Å²) in [5.41, 5.74) is 0.0438. The van der Waals surface area contributed by atoms with Gasteiger partial charge in [0.05, 0.1) is 19.3 Å². The number of rotatable bonds is 3. The van der Waals surface area contributed by atoms with Gasteiger partial charge in [-0.25, -0.2) is 0 Å². The van der Waals surface area contributed by atoms with Gasteiger partial charge in [0.25, 0.3) is 0 Å². The molecule has 0 amide bonds. The Kier molecular flexibility index (Phi) is 3.87. The number of morpholine rings is 1. The first kappa shape index (κ1) is 13.3. The number of anilines is 1. The topological polar surface area (TPSA) is 63.4 Å². The molecule has 6 heteroatoms. The summed E-state index contributed by atoms with van der Waals surface area (Å²) in [6.45, 7) is 11.3. The van der Waals surface area contributed by atoms with E-state index in [1.54, 1.807) is 0 Å². The molecule has 2 heterocycles. The third-order valence-electron chi connectivity index (χ3n) is 2.74. The van der Waals surface area contributed by atoms with Crippen LogP contribution in [0.5, 0.6) is 0 Å². The van der Waals surface area contributed by atoms with Crippen molar-refractivity contribution in [3.8, 4) is 0 Å². The second kappa shape index (κ2) is 5.24. The van der Waals surface area contributed by atoms with Gasteiger partial charge in [-0.15, -0.1) is 5.10 Å². The van der Waals surface area contributed by atoms with Crippen molar-refractivity contribution in [3.63, 3.8) is 0 Å². The molecule has 1 unspecified atom stereocenters. The van der Waals surface area contributed by atoms with Crippen molar-refractivity contribution < 1.29 is 9.15 Å². The van der Waals surface area contributed by atoms with E-state index in [2.05, 4.69) is 41.2 Å². The fraction of sp³-hybridized carbons (Fsp3) is 0.833. The second-order valence-corrected chi connectivity index (χ2v) is 5.71. The molecule has 2 rings (SSSR count). The molecule has 1 atom stereocenters. The first-order chi connectivity index (χ1) is 8.44. The Labute approximate surface area is 108 Å². The molecule has 0 aliphatic carbocycles. The van der Waals surface area contributed by atoms with E-state index in [0.717, 1.165) is 13.1 Å². The molecule has 0 bridgehead atoms. The number of hydrogen-bond acceptors (Lipinski definition) is 6. The van der Waals surface area contributed by atoms with E-state index in [4.69, 9.17) is 9.15 Å². The van der Waals surface area contributed by atoms with E-state index in [1.165, 1.54) is 0 Å². The average molecular weight is 254 g/mol. The molecular formula is C12H22N4O2. The van der Waals surface area contributed by atoms with Gasteiger partial charge in [0.2, 0.25) is 5.89 Å². The van der Waals surface area contributed by atoms with Crippen molar-refractivity contribution in [2.45, 2.75) is 45.9 Å². The molecule has 1 saturated heterocycles. The summed E-state index contributed by atoms with van der Waals surface area (Å²) in [5.74, 6) is 0.624. The molecule has 1 aromatic rings. The minimum Gasteiger partial charge on any atom is -0.407 e.